The molecule has 2 unspecified atom stereocenters. The molecular weight excluding hydrogens is 326 g/mol. The average molecular weight is 354 g/mol. The molecule has 6 nitrogen and oxygen atoms in total. The van der Waals surface area contributed by atoms with Crippen LogP contribution in [0.25, 0.3) is 0 Å². The SMILES string of the molecule is Cl.O=S(=O)(CC1CCCCO1)N1CCC(N2CCNCC2)C1. The Morgan fingerprint density at radius 2 is 1.86 bits per heavy atom. The smallest absolute Gasteiger partial charge is 0.216 e. The maximum absolute atomic E-state index is 12.5. The molecule has 130 valence electrons. The molecule has 0 amide bonds. The van der Waals surface area contributed by atoms with Crippen LogP contribution >= 0.6 is 12.4 Å². The normalized spacial score (nSPS) is 31.8. The van der Waals surface area contributed by atoms with Crippen molar-refractivity contribution < 1.29 is 13.2 Å². The number of ether oxygens (including phenoxy) is 1. The Kier molecular flexibility index (Phi) is 6.91. The zero-order chi connectivity index (χ0) is 14.7. The second kappa shape index (κ2) is 8.26. The van der Waals surface area contributed by atoms with Crippen LogP contribution in [0, 0.1) is 0 Å². The van der Waals surface area contributed by atoms with Gasteiger partial charge in [-0.05, 0) is 25.7 Å². The van der Waals surface area contributed by atoms with Gasteiger partial charge in [-0.2, -0.15) is 0 Å². The van der Waals surface area contributed by atoms with Crippen molar-refractivity contribution in [2.24, 2.45) is 0 Å². The Labute approximate surface area is 140 Å². The highest BCUT2D eigenvalue weighted by Gasteiger charge is 2.36. The van der Waals surface area contributed by atoms with E-state index in [9.17, 15) is 8.42 Å². The molecule has 0 spiro atoms. The van der Waals surface area contributed by atoms with Gasteiger partial charge >= 0.3 is 0 Å². The number of nitrogens with zero attached hydrogens (tertiary/aromatic N) is 2. The molecule has 0 aliphatic carbocycles. The van der Waals surface area contributed by atoms with Gasteiger partial charge in [0.25, 0.3) is 0 Å². The van der Waals surface area contributed by atoms with Gasteiger partial charge in [-0.25, -0.2) is 12.7 Å². The highest BCUT2D eigenvalue weighted by molar-refractivity contribution is 7.89. The lowest BCUT2D eigenvalue weighted by atomic mass is 10.1. The lowest BCUT2D eigenvalue weighted by Crippen LogP contribution is -2.49. The van der Waals surface area contributed by atoms with E-state index in [0.717, 1.165) is 51.9 Å². The van der Waals surface area contributed by atoms with Crippen molar-refractivity contribution in [3.63, 3.8) is 0 Å². The van der Waals surface area contributed by atoms with Crippen molar-refractivity contribution in [1.29, 1.82) is 0 Å². The van der Waals surface area contributed by atoms with Crippen molar-refractivity contribution in [3.05, 3.63) is 0 Å². The van der Waals surface area contributed by atoms with Crippen LogP contribution < -0.4 is 5.32 Å². The number of sulfonamides is 1. The van der Waals surface area contributed by atoms with Crippen LogP contribution in [0.15, 0.2) is 0 Å². The molecule has 3 saturated heterocycles. The third kappa shape index (κ3) is 4.55. The molecule has 0 bridgehead atoms. The maximum atomic E-state index is 12.5. The predicted molar refractivity (Wildman–Crippen MR) is 89.0 cm³/mol. The van der Waals surface area contributed by atoms with Crippen LogP contribution in [0.1, 0.15) is 25.7 Å². The minimum Gasteiger partial charge on any atom is -0.377 e. The molecule has 3 rings (SSSR count). The first-order chi connectivity index (χ1) is 10.1. The van der Waals surface area contributed by atoms with E-state index < -0.39 is 10.0 Å². The fourth-order valence-electron chi connectivity index (χ4n) is 3.59. The lowest BCUT2D eigenvalue weighted by Gasteiger charge is -2.32. The monoisotopic (exact) mass is 353 g/mol. The van der Waals surface area contributed by atoms with Crippen LogP contribution in [0.5, 0.6) is 0 Å². The maximum Gasteiger partial charge on any atom is 0.216 e. The number of hydrogen-bond donors (Lipinski definition) is 1. The van der Waals surface area contributed by atoms with Gasteiger partial charge in [0.15, 0.2) is 0 Å². The molecule has 0 saturated carbocycles. The molecule has 1 N–H and O–H groups in total. The zero-order valence-corrected chi connectivity index (χ0v) is 14.7. The van der Waals surface area contributed by atoms with E-state index in [-0.39, 0.29) is 24.3 Å². The fourth-order valence-corrected chi connectivity index (χ4v) is 5.31. The number of halogens is 1. The van der Waals surface area contributed by atoms with E-state index in [0.29, 0.717) is 25.7 Å². The summed E-state index contributed by atoms with van der Waals surface area (Å²) in [5, 5.41) is 3.34. The minimum atomic E-state index is -3.17. The summed E-state index contributed by atoms with van der Waals surface area (Å²) in [5.41, 5.74) is 0. The first-order valence-electron chi connectivity index (χ1n) is 8.19. The molecule has 0 aromatic heterocycles. The summed E-state index contributed by atoms with van der Waals surface area (Å²) in [6, 6.07) is 0.397. The van der Waals surface area contributed by atoms with Crippen molar-refractivity contribution in [1.82, 2.24) is 14.5 Å². The summed E-state index contributed by atoms with van der Waals surface area (Å²) in [5.74, 6) is 0.168. The Hall–Kier alpha value is 0.0800. The van der Waals surface area contributed by atoms with Gasteiger partial charge in [0.1, 0.15) is 0 Å². The third-order valence-electron chi connectivity index (χ3n) is 4.86. The van der Waals surface area contributed by atoms with E-state index in [1.54, 1.807) is 4.31 Å². The van der Waals surface area contributed by atoms with Gasteiger partial charge < -0.3 is 10.1 Å². The van der Waals surface area contributed by atoms with Crippen molar-refractivity contribution in [2.45, 2.75) is 37.8 Å². The quantitative estimate of drug-likeness (QED) is 0.787. The fraction of sp³-hybridized carbons (Fsp3) is 1.00. The molecule has 0 aromatic rings. The first-order valence-corrected chi connectivity index (χ1v) is 9.80. The molecular formula is C14H28ClN3O3S. The van der Waals surface area contributed by atoms with Gasteiger partial charge in [-0.3, -0.25) is 4.90 Å². The third-order valence-corrected chi connectivity index (χ3v) is 6.77. The molecule has 3 heterocycles. The van der Waals surface area contributed by atoms with E-state index in [2.05, 4.69) is 10.2 Å². The molecule has 3 fully saturated rings. The Morgan fingerprint density at radius 3 is 2.55 bits per heavy atom. The van der Waals surface area contributed by atoms with Crippen LogP contribution in [-0.4, -0.2) is 81.4 Å². The van der Waals surface area contributed by atoms with Crippen LogP contribution in [0.3, 0.4) is 0 Å². The summed E-state index contributed by atoms with van der Waals surface area (Å²) < 4.78 is 32.4. The molecule has 2 atom stereocenters. The highest BCUT2D eigenvalue weighted by Crippen LogP contribution is 2.22. The second-order valence-electron chi connectivity index (χ2n) is 6.35. The Balaban J connectivity index is 0.00000176. The topological polar surface area (TPSA) is 61.9 Å². The summed E-state index contributed by atoms with van der Waals surface area (Å²) in [7, 11) is -3.17. The lowest BCUT2D eigenvalue weighted by molar-refractivity contribution is 0.0299. The van der Waals surface area contributed by atoms with E-state index in [1.807, 2.05) is 0 Å². The molecule has 0 aromatic carbocycles. The van der Waals surface area contributed by atoms with Gasteiger partial charge in [0.05, 0.1) is 11.9 Å². The standard InChI is InChI=1S/C14H27N3O3S.ClH/c18-21(19,12-14-3-1-2-10-20-14)17-7-4-13(11-17)16-8-5-15-6-9-16;/h13-15H,1-12H2;1H. The van der Waals surface area contributed by atoms with Crippen molar-refractivity contribution >= 4 is 22.4 Å². The van der Waals surface area contributed by atoms with Crippen LogP contribution in [-0.2, 0) is 14.8 Å². The van der Waals surface area contributed by atoms with Gasteiger partial charge in [0.2, 0.25) is 10.0 Å². The zero-order valence-electron chi connectivity index (χ0n) is 13.1. The van der Waals surface area contributed by atoms with Gasteiger partial charge in [0, 0.05) is 51.9 Å². The summed E-state index contributed by atoms with van der Waals surface area (Å²) >= 11 is 0. The van der Waals surface area contributed by atoms with Crippen molar-refractivity contribution in [3.8, 4) is 0 Å². The second-order valence-corrected chi connectivity index (χ2v) is 8.37. The Morgan fingerprint density at radius 1 is 1.09 bits per heavy atom. The number of nitrogens with one attached hydrogen (secondary N) is 1. The predicted octanol–water partition coefficient (Wildman–Crippen LogP) is 0.287. The summed E-state index contributed by atoms with van der Waals surface area (Å²) in [6.45, 7) is 6.13. The average Bonchev–Trinajstić information content (AvgIpc) is 2.99. The molecule has 8 heteroatoms. The molecule has 0 radical (unpaired) electrons. The highest BCUT2D eigenvalue weighted by atomic mass is 35.5. The minimum absolute atomic E-state index is 0. The van der Waals surface area contributed by atoms with Crippen LogP contribution in [0.4, 0.5) is 0 Å². The Bertz CT molecular complexity index is 437. The molecule has 22 heavy (non-hydrogen) atoms. The number of rotatable bonds is 4. The van der Waals surface area contributed by atoms with Crippen LogP contribution in [0.2, 0.25) is 0 Å². The van der Waals surface area contributed by atoms with Crippen molar-refractivity contribution in [2.75, 3.05) is 51.6 Å². The van der Waals surface area contributed by atoms with Gasteiger partial charge in [-0.1, -0.05) is 0 Å². The van der Waals surface area contributed by atoms with E-state index >= 15 is 0 Å². The largest absolute Gasteiger partial charge is 0.377 e. The molecule has 3 aliphatic rings. The summed E-state index contributed by atoms with van der Waals surface area (Å²) in [6.07, 6.45) is 3.90. The molecule has 3 aliphatic heterocycles. The van der Waals surface area contributed by atoms with E-state index in [4.69, 9.17) is 4.74 Å². The van der Waals surface area contributed by atoms with Gasteiger partial charge in [-0.15, -0.1) is 12.4 Å². The van der Waals surface area contributed by atoms with E-state index in [1.165, 1.54) is 0 Å². The number of piperazine rings is 1. The number of hydrogen-bond acceptors (Lipinski definition) is 5. The summed E-state index contributed by atoms with van der Waals surface area (Å²) in [4.78, 5) is 2.43. The first kappa shape index (κ1) is 18.4.